The molecule has 158 valence electrons. The zero-order valence-electron chi connectivity index (χ0n) is 18.7. The van der Waals surface area contributed by atoms with Gasteiger partial charge in [0.05, 0.1) is 12.7 Å². The Morgan fingerprint density at radius 2 is 1.83 bits per heavy atom. The van der Waals surface area contributed by atoms with E-state index in [2.05, 4.69) is 65.8 Å². The number of methoxy groups -OCH3 is 1. The third-order valence-corrected chi connectivity index (χ3v) is 9.14. The van der Waals surface area contributed by atoms with Crippen molar-refractivity contribution in [3.63, 3.8) is 0 Å². The van der Waals surface area contributed by atoms with Crippen molar-refractivity contribution in [3.8, 4) is 5.75 Å². The van der Waals surface area contributed by atoms with Crippen LogP contribution in [0.2, 0.25) is 0 Å². The minimum Gasteiger partial charge on any atom is -0.496 e. The van der Waals surface area contributed by atoms with Gasteiger partial charge in [-0.3, -0.25) is 0 Å². The lowest BCUT2D eigenvalue weighted by atomic mass is 9.57. The molecule has 4 nitrogen and oxygen atoms in total. The molecule has 0 aromatic heterocycles. The van der Waals surface area contributed by atoms with Gasteiger partial charge in [0, 0.05) is 17.3 Å². The number of hydrogen-bond donors (Lipinski definition) is 1. The maximum Gasteiger partial charge on any atom is 0.199 e. The van der Waals surface area contributed by atoms with Gasteiger partial charge in [-0.2, -0.15) is 0 Å². The first-order chi connectivity index (χ1) is 13.5. The maximum atomic E-state index is 11.4. The van der Waals surface area contributed by atoms with Crippen LogP contribution in [-0.4, -0.2) is 29.7 Å². The molecule has 4 heteroatoms. The van der Waals surface area contributed by atoms with E-state index in [1.54, 1.807) is 7.11 Å². The van der Waals surface area contributed by atoms with Crippen molar-refractivity contribution in [3.05, 3.63) is 34.9 Å². The van der Waals surface area contributed by atoms with Crippen LogP contribution in [0.25, 0.3) is 6.08 Å². The molecule has 0 radical (unpaired) electrons. The predicted octanol–water partition coefficient (Wildman–Crippen LogP) is 4.81. The molecule has 1 aromatic carbocycles. The Morgan fingerprint density at radius 3 is 2.45 bits per heavy atom. The molecule has 1 N–H and O–H groups in total. The van der Waals surface area contributed by atoms with Gasteiger partial charge >= 0.3 is 0 Å². The molecule has 1 saturated carbocycles. The van der Waals surface area contributed by atoms with Gasteiger partial charge in [-0.15, -0.1) is 0 Å². The van der Waals surface area contributed by atoms with Gasteiger partial charge in [0.2, 0.25) is 0 Å². The van der Waals surface area contributed by atoms with Gasteiger partial charge in [-0.25, -0.2) is 0 Å². The van der Waals surface area contributed by atoms with E-state index in [0.717, 1.165) is 24.2 Å². The van der Waals surface area contributed by atoms with Crippen LogP contribution in [0.4, 0.5) is 0 Å². The summed E-state index contributed by atoms with van der Waals surface area (Å²) < 4.78 is 19.4. The highest BCUT2D eigenvalue weighted by Crippen LogP contribution is 2.71. The van der Waals surface area contributed by atoms with Crippen LogP contribution in [0.1, 0.15) is 64.2 Å². The number of ether oxygens (including phenoxy) is 3. The lowest BCUT2D eigenvalue weighted by Crippen LogP contribution is -2.64. The molecule has 1 aromatic rings. The molecule has 5 rings (SSSR count). The summed E-state index contributed by atoms with van der Waals surface area (Å²) in [5.41, 5.74) is 2.49. The van der Waals surface area contributed by atoms with Crippen LogP contribution in [-0.2, 0) is 15.1 Å². The van der Waals surface area contributed by atoms with Crippen LogP contribution >= 0.6 is 0 Å². The summed E-state index contributed by atoms with van der Waals surface area (Å²) in [5, 5.41) is 11.4. The molecule has 7 atom stereocenters. The Balaban J connectivity index is 1.72. The van der Waals surface area contributed by atoms with Crippen molar-refractivity contribution in [2.45, 2.75) is 77.5 Å². The fourth-order valence-corrected chi connectivity index (χ4v) is 7.03. The molecule has 2 bridgehead atoms. The molecular formula is C25H34O4. The van der Waals surface area contributed by atoms with E-state index in [9.17, 15) is 5.11 Å². The summed E-state index contributed by atoms with van der Waals surface area (Å²) in [6.07, 6.45) is 5.98. The Labute approximate surface area is 174 Å². The average molecular weight is 399 g/mol. The summed E-state index contributed by atoms with van der Waals surface area (Å²) in [5.74, 6) is 0.418. The van der Waals surface area contributed by atoms with Crippen molar-refractivity contribution in [2.75, 3.05) is 7.11 Å². The molecule has 0 unspecified atom stereocenters. The minimum atomic E-state index is -0.972. The lowest BCUT2D eigenvalue weighted by Gasteiger charge is -2.59. The average Bonchev–Trinajstić information content (AvgIpc) is 3.00. The standard InChI is InChI=1S/C25H34O4/c1-14-17-10-12-23(6)18-11-13-24(23,19(17)8-9-20(14)27-7)29-25(15(18)2)21(26)16(3)22(4,5)28-25/h8-10,12,15-16,18,21,26H,11,13H2,1-7H3/t15-,16-,18-,21+,23+,24+,25-/m0/s1. The van der Waals surface area contributed by atoms with Crippen molar-refractivity contribution in [1.82, 2.24) is 0 Å². The van der Waals surface area contributed by atoms with Crippen LogP contribution in [0, 0.1) is 30.1 Å². The second kappa shape index (κ2) is 5.66. The Bertz CT molecular complexity index is 904. The highest BCUT2D eigenvalue weighted by atomic mass is 16.7. The van der Waals surface area contributed by atoms with Crippen molar-refractivity contribution in [1.29, 1.82) is 0 Å². The molecule has 2 aliphatic heterocycles. The molecular weight excluding hydrogens is 364 g/mol. The summed E-state index contributed by atoms with van der Waals surface area (Å²) in [6.45, 7) is 12.9. The van der Waals surface area contributed by atoms with E-state index in [4.69, 9.17) is 14.2 Å². The Hall–Kier alpha value is -1.36. The van der Waals surface area contributed by atoms with Crippen molar-refractivity contribution in [2.24, 2.45) is 23.2 Å². The van der Waals surface area contributed by atoms with Gasteiger partial charge < -0.3 is 19.3 Å². The van der Waals surface area contributed by atoms with Gasteiger partial charge in [-0.1, -0.05) is 39.0 Å². The lowest BCUT2D eigenvalue weighted by molar-refractivity contribution is -0.382. The molecule has 2 heterocycles. The topological polar surface area (TPSA) is 47.9 Å². The van der Waals surface area contributed by atoms with Gasteiger partial charge in [0.1, 0.15) is 17.5 Å². The zero-order valence-corrected chi connectivity index (χ0v) is 18.7. The second-order valence-electron chi connectivity index (χ2n) is 10.5. The van der Waals surface area contributed by atoms with Crippen molar-refractivity contribution < 1.29 is 19.3 Å². The highest BCUT2D eigenvalue weighted by Gasteiger charge is 2.74. The second-order valence-corrected chi connectivity index (χ2v) is 10.5. The maximum absolute atomic E-state index is 11.4. The summed E-state index contributed by atoms with van der Waals surface area (Å²) >= 11 is 0. The normalized spacial score (nSPS) is 46.6. The van der Waals surface area contributed by atoms with E-state index in [1.165, 1.54) is 11.1 Å². The van der Waals surface area contributed by atoms with Crippen LogP contribution in [0.3, 0.4) is 0 Å². The fraction of sp³-hybridized carbons (Fsp3) is 0.680. The number of fused-ring (bicyclic) bond motifs is 1. The van der Waals surface area contributed by atoms with Crippen molar-refractivity contribution >= 4 is 6.08 Å². The summed E-state index contributed by atoms with van der Waals surface area (Å²) in [4.78, 5) is 0. The number of hydrogen-bond acceptors (Lipinski definition) is 4. The van der Waals surface area contributed by atoms with Gasteiger partial charge in [-0.05, 0) is 62.3 Å². The van der Waals surface area contributed by atoms with Gasteiger partial charge in [0.15, 0.2) is 5.79 Å². The number of aliphatic hydroxyl groups is 1. The van der Waals surface area contributed by atoms with E-state index >= 15 is 0 Å². The van der Waals surface area contributed by atoms with Crippen LogP contribution < -0.4 is 4.74 Å². The third kappa shape index (κ3) is 2.06. The third-order valence-electron chi connectivity index (χ3n) is 9.14. The van der Waals surface area contributed by atoms with Gasteiger partial charge in [0.25, 0.3) is 0 Å². The first-order valence-electron chi connectivity index (χ1n) is 11.0. The predicted molar refractivity (Wildman–Crippen MR) is 113 cm³/mol. The van der Waals surface area contributed by atoms with E-state index < -0.39 is 23.1 Å². The number of rotatable bonds is 1. The monoisotopic (exact) mass is 398 g/mol. The quantitative estimate of drug-likeness (QED) is 0.737. The smallest absolute Gasteiger partial charge is 0.199 e. The molecule has 0 amide bonds. The largest absolute Gasteiger partial charge is 0.496 e. The fourth-order valence-electron chi connectivity index (χ4n) is 7.03. The Kier molecular flexibility index (Phi) is 3.82. The molecule has 29 heavy (non-hydrogen) atoms. The summed E-state index contributed by atoms with van der Waals surface area (Å²) in [7, 11) is 1.72. The first kappa shape index (κ1) is 19.6. The molecule has 4 aliphatic rings. The molecule has 2 aliphatic carbocycles. The van der Waals surface area contributed by atoms with E-state index in [1.807, 2.05) is 0 Å². The van der Waals surface area contributed by atoms with E-state index in [-0.39, 0.29) is 17.3 Å². The highest BCUT2D eigenvalue weighted by molar-refractivity contribution is 5.67. The summed E-state index contributed by atoms with van der Waals surface area (Å²) in [6, 6.07) is 4.23. The molecule has 3 fully saturated rings. The Morgan fingerprint density at radius 1 is 1.10 bits per heavy atom. The number of aliphatic hydroxyl groups excluding tert-OH is 1. The molecule has 1 spiro atoms. The van der Waals surface area contributed by atoms with Crippen LogP contribution in [0.15, 0.2) is 18.2 Å². The minimum absolute atomic E-state index is 0.00122. The SMILES string of the molecule is COc1ccc2c(c1C)C=C[C@]1(C)[C@H]3CC[C@@]21O[C@@]1(OC(C)(C)[C@@H](C)[C@H]1O)[C@H]3C. The van der Waals surface area contributed by atoms with E-state index in [0.29, 0.717) is 5.92 Å². The zero-order chi connectivity index (χ0) is 21.0. The first-order valence-corrected chi connectivity index (χ1v) is 11.0. The van der Waals surface area contributed by atoms with Crippen LogP contribution in [0.5, 0.6) is 5.75 Å². The molecule has 2 saturated heterocycles. The number of benzene rings is 1.